The molecule has 5 heteroatoms. The van der Waals surface area contributed by atoms with Gasteiger partial charge in [-0.05, 0) is 61.6 Å². The summed E-state index contributed by atoms with van der Waals surface area (Å²) in [5, 5.41) is 0. The Morgan fingerprint density at radius 3 is 2.36 bits per heavy atom. The van der Waals surface area contributed by atoms with E-state index in [9.17, 15) is 13.2 Å². The second kappa shape index (κ2) is 7.72. The van der Waals surface area contributed by atoms with E-state index < -0.39 is 11.7 Å². The van der Waals surface area contributed by atoms with Crippen LogP contribution in [-0.4, -0.2) is 24.8 Å². The molecule has 0 bridgehead atoms. The van der Waals surface area contributed by atoms with Gasteiger partial charge >= 0.3 is 6.18 Å². The Bertz CT molecular complexity index is 764. The predicted molar refractivity (Wildman–Crippen MR) is 96.6 cm³/mol. The largest absolute Gasteiger partial charge is 0.416 e. The van der Waals surface area contributed by atoms with Crippen molar-refractivity contribution in [2.24, 2.45) is 4.99 Å². The lowest BCUT2D eigenvalue weighted by molar-refractivity contribution is -0.138. The monoisotopic (exact) mass is 348 g/mol. The molecule has 0 amide bonds. The van der Waals surface area contributed by atoms with Crippen molar-refractivity contribution in [1.29, 1.82) is 0 Å². The van der Waals surface area contributed by atoms with Gasteiger partial charge in [0.05, 0.1) is 17.6 Å². The van der Waals surface area contributed by atoms with Crippen molar-refractivity contribution < 1.29 is 13.2 Å². The molecule has 0 saturated heterocycles. The third kappa shape index (κ3) is 4.84. The normalized spacial score (nSPS) is 12.0. The molecule has 0 aliphatic heterocycles. The summed E-state index contributed by atoms with van der Waals surface area (Å²) in [4.78, 5) is 6.42. The minimum Gasteiger partial charge on any atom is -0.366 e. The van der Waals surface area contributed by atoms with E-state index in [2.05, 4.69) is 4.99 Å². The van der Waals surface area contributed by atoms with Crippen molar-refractivity contribution in [1.82, 2.24) is 4.90 Å². The number of alkyl halides is 3. The number of hydrogen-bond donors (Lipinski definition) is 0. The Morgan fingerprint density at radius 2 is 1.72 bits per heavy atom. The van der Waals surface area contributed by atoms with E-state index in [1.165, 1.54) is 6.07 Å². The maximum absolute atomic E-state index is 13.2. The molecule has 2 rings (SSSR count). The second-order valence-electron chi connectivity index (χ2n) is 6.21. The Balaban J connectivity index is 2.34. The molecule has 0 spiro atoms. The molecule has 25 heavy (non-hydrogen) atoms. The van der Waals surface area contributed by atoms with Crippen molar-refractivity contribution in [3.8, 4) is 0 Å². The van der Waals surface area contributed by atoms with Gasteiger partial charge in [-0.3, -0.25) is 0 Å². The van der Waals surface area contributed by atoms with Crippen LogP contribution in [0.25, 0.3) is 0 Å². The van der Waals surface area contributed by atoms with Crippen LogP contribution in [0.3, 0.4) is 0 Å². The number of hydrogen-bond acceptors (Lipinski definition) is 1. The zero-order valence-corrected chi connectivity index (χ0v) is 15.0. The summed E-state index contributed by atoms with van der Waals surface area (Å²) in [5.41, 5.74) is 3.33. The van der Waals surface area contributed by atoms with Gasteiger partial charge in [0.15, 0.2) is 0 Å². The highest BCUT2D eigenvalue weighted by molar-refractivity contribution is 5.64. The predicted octanol–water partition coefficient (Wildman–Crippen LogP) is 5.52. The van der Waals surface area contributed by atoms with Crippen molar-refractivity contribution >= 4 is 12.0 Å². The Hall–Kier alpha value is -2.30. The number of aliphatic imine (C=N–C) groups is 1. The van der Waals surface area contributed by atoms with E-state index in [1.807, 2.05) is 44.9 Å². The summed E-state index contributed by atoms with van der Waals surface area (Å²) in [7, 11) is 1.94. The fourth-order valence-electron chi connectivity index (χ4n) is 2.59. The molecule has 2 aromatic rings. The van der Waals surface area contributed by atoms with Crippen LogP contribution in [0.2, 0.25) is 0 Å². The minimum atomic E-state index is -4.34. The van der Waals surface area contributed by atoms with Gasteiger partial charge in [-0.15, -0.1) is 0 Å². The fourth-order valence-corrected chi connectivity index (χ4v) is 2.59. The van der Waals surface area contributed by atoms with Crippen molar-refractivity contribution in [3.05, 3.63) is 64.2 Å². The summed E-state index contributed by atoms with van der Waals surface area (Å²) >= 11 is 0. The number of benzene rings is 2. The molecule has 0 aliphatic rings. The SMILES string of the molecule is CCN(C)C=Nc1cc(C)c(Cc2ccccc2C(F)(F)F)cc1C. The van der Waals surface area contributed by atoms with E-state index in [4.69, 9.17) is 0 Å². The van der Waals surface area contributed by atoms with Crippen LogP contribution in [0.4, 0.5) is 18.9 Å². The second-order valence-corrected chi connectivity index (χ2v) is 6.21. The molecule has 0 heterocycles. The first-order chi connectivity index (χ1) is 11.7. The van der Waals surface area contributed by atoms with Crippen molar-refractivity contribution in [3.63, 3.8) is 0 Å². The van der Waals surface area contributed by atoms with Gasteiger partial charge in [0.25, 0.3) is 0 Å². The van der Waals surface area contributed by atoms with Crippen LogP contribution in [0, 0.1) is 13.8 Å². The smallest absolute Gasteiger partial charge is 0.366 e. The molecule has 2 aromatic carbocycles. The first-order valence-electron chi connectivity index (χ1n) is 8.22. The summed E-state index contributed by atoms with van der Waals surface area (Å²) in [6, 6.07) is 9.61. The molecule has 0 fully saturated rings. The van der Waals surface area contributed by atoms with Gasteiger partial charge in [0.2, 0.25) is 0 Å². The van der Waals surface area contributed by atoms with Gasteiger partial charge in [0.1, 0.15) is 0 Å². The van der Waals surface area contributed by atoms with E-state index in [-0.39, 0.29) is 6.42 Å². The van der Waals surface area contributed by atoms with Crippen LogP contribution < -0.4 is 0 Å². The molecule has 0 N–H and O–H groups in total. The molecule has 134 valence electrons. The van der Waals surface area contributed by atoms with Crippen LogP contribution in [0.5, 0.6) is 0 Å². The molecule has 0 aliphatic carbocycles. The van der Waals surface area contributed by atoms with Crippen LogP contribution >= 0.6 is 0 Å². The van der Waals surface area contributed by atoms with E-state index in [0.29, 0.717) is 5.56 Å². The maximum atomic E-state index is 13.2. The molecule has 0 radical (unpaired) electrons. The van der Waals surface area contributed by atoms with Gasteiger partial charge in [-0.1, -0.05) is 24.3 Å². The zero-order chi connectivity index (χ0) is 18.6. The van der Waals surface area contributed by atoms with Crippen LogP contribution in [0.15, 0.2) is 41.4 Å². The topological polar surface area (TPSA) is 15.6 Å². The van der Waals surface area contributed by atoms with Gasteiger partial charge in [0, 0.05) is 13.6 Å². The highest BCUT2D eigenvalue weighted by Crippen LogP contribution is 2.34. The van der Waals surface area contributed by atoms with Gasteiger partial charge < -0.3 is 4.90 Å². The molecule has 0 atom stereocenters. The number of rotatable bonds is 5. The first-order valence-corrected chi connectivity index (χ1v) is 8.22. The third-order valence-corrected chi connectivity index (χ3v) is 4.25. The summed E-state index contributed by atoms with van der Waals surface area (Å²) < 4.78 is 39.5. The number of nitrogens with zero attached hydrogens (tertiary/aromatic N) is 2. The van der Waals surface area contributed by atoms with Gasteiger partial charge in [-0.25, -0.2) is 4.99 Å². The van der Waals surface area contributed by atoms with Crippen LogP contribution in [-0.2, 0) is 12.6 Å². The highest BCUT2D eigenvalue weighted by Gasteiger charge is 2.32. The lowest BCUT2D eigenvalue weighted by Gasteiger charge is -2.15. The summed E-state index contributed by atoms with van der Waals surface area (Å²) in [5.74, 6) is 0. The quantitative estimate of drug-likeness (QED) is 0.513. The molecular weight excluding hydrogens is 325 g/mol. The number of aryl methyl sites for hydroxylation is 2. The highest BCUT2D eigenvalue weighted by atomic mass is 19.4. The standard InChI is InChI=1S/C20H23F3N2/c1-5-25(4)13-24-19-11-14(2)17(10-15(19)3)12-16-8-6-7-9-18(16)20(21,22)23/h6-11,13H,5,12H2,1-4H3. The minimum absolute atomic E-state index is 0.251. The summed E-state index contributed by atoms with van der Waals surface area (Å²) in [6.45, 7) is 6.73. The Kier molecular flexibility index (Phi) is 5.88. The zero-order valence-electron chi connectivity index (χ0n) is 15.0. The first kappa shape index (κ1) is 19.0. The molecule has 2 nitrogen and oxygen atoms in total. The van der Waals surface area contributed by atoms with Crippen molar-refractivity contribution in [2.45, 2.75) is 33.4 Å². The van der Waals surface area contributed by atoms with E-state index >= 15 is 0 Å². The Labute approximate surface area is 147 Å². The lowest BCUT2D eigenvalue weighted by Crippen LogP contribution is -2.14. The average molecular weight is 348 g/mol. The van der Waals surface area contributed by atoms with Gasteiger partial charge in [-0.2, -0.15) is 13.2 Å². The number of halogens is 3. The van der Waals surface area contributed by atoms with Crippen LogP contribution in [0.1, 0.15) is 34.7 Å². The molecule has 0 unspecified atom stereocenters. The molecule has 0 saturated carbocycles. The average Bonchev–Trinajstić information content (AvgIpc) is 2.55. The van der Waals surface area contributed by atoms with Crippen molar-refractivity contribution in [2.75, 3.05) is 13.6 Å². The molecular formula is C20H23F3N2. The fraction of sp³-hybridized carbons (Fsp3) is 0.350. The van der Waals surface area contributed by atoms with E-state index in [1.54, 1.807) is 18.5 Å². The Morgan fingerprint density at radius 1 is 1.04 bits per heavy atom. The summed E-state index contributed by atoms with van der Waals surface area (Å²) in [6.07, 6.45) is -2.32. The van der Waals surface area contributed by atoms with E-state index in [0.717, 1.165) is 35.0 Å². The molecule has 0 aromatic heterocycles. The lowest BCUT2D eigenvalue weighted by atomic mass is 9.94. The maximum Gasteiger partial charge on any atom is 0.416 e. The third-order valence-electron chi connectivity index (χ3n) is 4.25.